The van der Waals surface area contributed by atoms with E-state index in [1.165, 1.54) is 6.21 Å². The number of carbonyl (C=O) groups is 1. The topological polar surface area (TPSA) is 69.2 Å². The van der Waals surface area contributed by atoms with Gasteiger partial charge in [0.25, 0.3) is 5.91 Å². The number of halogens is 1. The van der Waals surface area contributed by atoms with Crippen LogP contribution in [0.2, 0.25) is 5.02 Å². The Morgan fingerprint density at radius 2 is 1.70 bits per heavy atom. The van der Waals surface area contributed by atoms with Crippen LogP contribution in [0.4, 0.5) is 0 Å². The highest BCUT2D eigenvalue weighted by atomic mass is 35.5. The molecule has 3 rings (SSSR count). The SMILES string of the molecule is COc1cc(/C=N/NC(=O)COc2c(C)ccc(C)c2C)ccc1OCc1ccc(Cl)cc1. The fraction of sp³-hybridized carbons (Fsp3) is 0.231. The number of rotatable bonds is 9. The zero-order valence-electron chi connectivity index (χ0n) is 19.1. The zero-order valence-corrected chi connectivity index (χ0v) is 19.9. The number of amides is 1. The van der Waals surface area contributed by atoms with Gasteiger partial charge in [-0.05, 0) is 78.9 Å². The number of carbonyl (C=O) groups excluding carboxylic acids is 1. The second kappa shape index (κ2) is 11.4. The molecule has 3 aromatic carbocycles. The van der Waals surface area contributed by atoms with Crippen molar-refractivity contribution in [3.63, 3.8) is 0 Å². The molecule has 172 valence electrons. The maximum absolute atomic E-state index is 12.1. The lowest BCUT2D eigenvalue weighted by atomic mass is 10.1. The molecule has 7 heteroatoms. The van der Waals surface area contributed by atoms with Gasteiger partial charge in [-0.15, -0.1) is 0 Å². The zero-order chi connectivity index (χ0) is 23.8. The summed E-state index contributed by atoms with van der Waals surface area (Å²) in [5.41, 5.74) is 7.35. The molecular formula is C26H27ClN2O4. The molecule has 0 aliphatic carbocycles. The van der Waals surface area contributed by atoms with Gasteiger partial charge in [0.1, 0.15) is 12.4 Å². The van der Waals surface area contributed by atoms with E-state index < -0.39 is 0 Å². The standard InChI is InChI=1S/C26H27ClN2O4/c1-17-5-6-18(2)26(19(17)3)33-16-25(30)29-28-14-21-9-12-23(24(13-21)31-4)32-15-20-7-10-22(27)11-8-20/h5-14H,15-16H2,1-4H3,(H,29,30)/b28-14+. The number of methoxy groups -OCH3 is 1. The molecule has 0 bridgehead atoms. The highest BCUT2D eigenvalue weighted by Crippen LogP contribution is 2.28. The van der Waals surface area contributed by atoms with E-state index in [1.807, 2.05) is 63.2 Å². The van der Waals surface area contributed by atoms with Crippen LogP contribution in [-0.2, 0) is 11.4 Å². The normalized spacial score (nSPS) is 10.8. The second-order valence-electron chi connectivity index (χ2n) is 7.56. The lowest BCUT2D eigenvalue weighted by Crippen LogP contribution is -2.25. The molecule has 6 nitrogen and oxygen atoms in total. The fourth-order valence-corrected chi connectivity index (χ4v) is 3.25. The van der Waals surface area contributed by atoms with E-state index in [-0.39, 0.29) is 12.5 Å². The molecule has 0 fully saturated rings. The number of hydrogen-bond acceptors (Lipinski definition) is 5. The minimum Gasteiger partial charge on any atom is -0.493 e. The van der Waals surface area contributed by atoms with E-state index in [4.69, 9.17) is 25.8 Å². The monoisotopic (exact) mass is 466 g/mol. The van der Waals surface area contributed by atoms with Crippen LogP contribution in [0.3, 0.4) is 0 Å². The number of hydrogen-bond donors (Lipinski definition) is 1. The van der Waals surface area contributed by atoms with Crippen LogP contribution >= 0.6 is 11.6 Å². The average molecular weight is 467 g/mol. The van der Waals surface area contributed by atoms with Gasteiger partial charge in [-0.3, -0.25) is 4.79 Å². The number of aryl methyl sites for hydroxylation is 2. The van der Waals surface area contributed by atoms with E-state index in [9.17, 15) is 4.79 Å². The fourth-order valence-electron chi connectivity index (χ4n) is 3.12. The maximum atomic E-state index is 12.1. The predicted molar refractivity (Wildman–Crippen MR) is 131 cm³/mol. The summed E-state index contributed by atoms with van der Waals surface area (Å²) in [5, 5.41) is 4.69. The third-order valence-corrected chi connectivity index (χ3v) is 5.37. The Morgan fingerprint density at radius 3 is 2.42 bits per heavy atom. The van der Waals surface area contributed by atoms with E-state index in [1.54, 1.807) is 19.2 Å². The Bertz CT molecular complexity index is 1140. The van der Waals surface area contributed by atoms with Crippen LogP contribution in [0.25, 0.3) is 0 Å². The first-order chi connectivity index (χ1) is 15.9. The van der Waals surface area contributed by atoms with E-state index >= 15 is 0 Å². The van der Waals surface area contributed by atoms with Crippen molar-refractivity contribution in [2.45, 2.75) is 27.4 Å². The highest BCUT2D eigenvalue weighted by molar-refractivity contribution is 6.30. The van der Waals surface area contributed by atoms with Crippen molar-refractivity contribution in [3.8, 4) is 17.2 Å². The first kappa shape index (κ1) is 24.1. The molecule has 0 saturated heterocycles. The Balaban J connectivity index is 1.54. The van der Waals surface area contributed by atoms with Crippen LogP contribution < -0.4 is 19.6 Å². The van der Waals surface area contributed by atoms with Gasteiger partial charge in [-0.1, -0.05) is 35.9 Å². The number of nitrogens with zero attached hydrogens (tertiary/aromatic N) is 1. The molecule has 0 atom stereocenters. The molecule has 0 heterocycles. The predicted octanol–water partition coefficient (Wildman–Crippen LogP) is 5.38. The Hall–Kier alpha value is -3.51. The van der Waals surface area contributed by atoms with Crippen molar-refractivity contribution in [3.05, 3.63) is 87.4 Å². The van der Waals surface area contributed by atoms with Crippen LogP contribution in [0.15, 0.2) is 59.7 Å². The summed E-state index contributed by atoms with van der Waals surface area (Å²) < 4.78 is 17.0. The van der Waals surface area contributed by atoms with Crippen LogP contribution in [-0.4, -0.2) is 25.8 Å². The lowest BCUT2D eigenvalue weighted by Gasteiger charge is -2.13. The first-order valence-electron chi connectivity index (χ1n) is 10.4. The summed E-state index contributed by atoms with van der Waals surface area (Å²) in [6.07, 6.45) is 1.53. The minimum absolute atomic E-state index is 0.122. The summed E-state index contributed by atoms with van der Waals surface area (Å²) >= 11 is 5.91. The number of ether oxygens (including phenoxy) is 3. The molecule has 3 aromatic rings. The van der Waals surface area contributed by atoms with E-state index in [0.717, 1.165) is 33.6 Å². The molecule has 0 spiro atoms. The molecule has 0 unspecified atom stereocenters. The van der Waals surface area contributed by atoms with Crippen molar-refractivity contribution in [2.24, 2.45) is 5.10 Å². The van der Waals surface area contributed by atoms with Crippen molar-refractivity contribution in [2.75, 3.05) is 13.7 Å². The van der Waals surface area contributed by atoms with Gasteiger partial charge < -0.3 is 14.2 Å². The van der Waals surface area contributed by atoms with Gasteiger partial charge in [0.05, 0.1) is 13.3 Å². The summed E-state index contributed by atoms with van der Waals surface area (Å²) in [4.78, 5) is 12.1. The first-order valence-corrected chi connectivity index (χ1v) is 10.8. The number of nitrogens with one attached hydrogen (secondary N) is 1. The summed E-state index contributed by atoms with van der Waals surface area (Å²) in [5.74, 6) is 1.55. The second-order valence-corrected chi connectivity index (χ2v) is 8.00. The van der Waals surface area contributed by atoms with Gasteiger partial charge in [0, 0.05) is 5.02 Å². The van der Waals surface area contributed by atoms with Crippen LogP contribution in [0.1, 0.15) is 27.8 Å². The Kier molecular flexibility index (Phi) is 8.33. The molecule has 0 radical (unpaired) electrons. The Morgan fingerprint density at radius 1 is 0.970 bits per heavy atom. The van der Waals surface area contributed by atoms with Gasteiger partial charge in [-0.2, -0.15) is 5.10 Å². The third kappa shape index (κ3) is 6.73. The molecular weight excluding hydrogens is 440 g/mol. The molecule has 0 aromatic heterocycles. The highest BCUT2D eigenvalue weighted by Gasteiger charge is 2.09. The van der Waals surface area contributed by atoms with Crippen molar-refractivity contribution >= 4 is 23.7 Å². The molecule has 33 heavy (non-hydrogen) atoms. The third-order valence-electron chi connectivity index (χ3n) is 5.12. The number of hydrazone groups is 1. The Labute approximate surface area is 199 Å². The summed E-state index contributed by atoms with van der Waals surface area (Å²) in [6.45, 7) is 6.20. The van der Waals surface area contributed by atoms with Crippen LogP contribution in [0, 0.1) is 20.8 Å². The summed E-state index contributed by atoms with van der Waals surface area (Å²) in [6, 6.07) is 16.9. The van der Waals surface area contributed by atoms with E-state index in [2.05, 4.69) is 10.5 Å². The van der Waals surface area contributed by atoms with Gasteiger partial charge in [-0.25, -0.2) is 5.43 Å². The van der Waals surface area contributed by atoms with Gasteiger partial charge in [0.2, 0.25) is 0 Å². The van der Waals surface area contributed by atoms with Crippen molar-refractivity contribution < 1.29 is 19.0 Å². The molecule has 0 saturated carbocycles. The molecule has 0 aliphatic rings. The maximum Gasteiger partial charge on any atom is 0.277 e. The van der Waals surface area contributed by atoms with Gasteiger partial charge in [0.15, 0.2) is 18.1 Å². The molecule has 1 N–H and O–H groups in total. The van der Waals surface area contributed by atoms with Crippen LogP contribution in [0.5, 0.6) is 17.2 Å². The van der Waals surface area contributed by atoms with E-state index in [0.29, 0.717) is 23.1 Å². The largest absolute Gasteiger partial charge is 0.493 e. The average Bonchev–Trinajstić information content (AvgIpc) is 2.81. The number of benzene rings is 3. The van der Waals surface area contributed by atoms with Gasteiger partial charge >= 0.3 is 0 Å². The van der Waals surface area contributed by atoms with Crippen molar-refractivity contribution in [1.29, 1.82) is 0 Å². The molecule has 1 amide bonds. The lowest BCUT2D eigenvalue weighted by molar-refractivity contribution is -0.123. The van der Waals surface area contributed by atoms with Crippen molar-refractivity contribution in [1.82, 2.24) is 5.43 Å². The molecule has 0 aliphatic heterocycles. The quantitative estimate of drug-likeness (QED) is 0.339. The summed E-state index contributed by atoms with van der Waals surface area (Å²) in [7, 11) is 1.57. The smallest absolute Gasteiger partial charge is 0.277 e. The minimum atomic E-state index is -0.346.